The highest BCUT2D eigenvalue weighted by molar-refractivity contribution is 7.92. The van der Waals surface area contributed by atoms with Crippen molar-refractivity contribution in [2.24, 2.45) is 17.3 Å². The van der Waals surface area contributed by atoms with Gasteiger partial charge in [-0.3, -0.25) is 9.52 Å². The van der Waals surface area contributed by atoms with E-state index in [4.69, 9.17) is 9.84 Å². The number of alkyl halides is 1. The van der Waals surface area contributed by atoms with Crippen molar-refractivity contribution in [2.45, 2.75) is 32.1 Å². The first-order valence-electron chi connectivity index (χ1n) is 13.5. The van der Waals surface area contributed by atoms with Crippen molar-refractivity contribution in [3.8, 4) is 5.75 Å². The number of aliphatic hydroxyl groups excluding tert-OH is 1. The van der Waals surface area contributed by atoms with Gasteiger partial charge in [-0.2, -0.15) is 0 Å². The summed E-state index contributed by atoms with van der Waals surface area (Å²) in [5.74, 6) is 1.22. The standard InChI is InChI=1S/C27H34FN5O5S/c28-17-38-24-4-3-22(29-25(24)33-15-18-13-19(18)16-33)26(35)30-21-2-1-20(31-39(36,37)12-11-34)14-23(21)32-9-7-27(5-6-27)8-10-32/h1-4,14,18-19,31,34H,5-13,15-17H2,(H,30,35). The van der Waals surface area contributed by atoms with E-state index in [-0.39, 0.29) is 5.69 Å². The number of pyridine rings is 1. The number of benzene rings is 1. The Bertz CT molecular complexity index is 1350. The number of aromatic nitrogens is 1. The molecule has 1 aromatic heterocycles. The summed E-state index contributed by atoms with van der Waals surface area (Å²) in [6.07, 6.45) is 5.81. The second-order valence-electron chi connectivity index (χ2n) is 11.3. The van der Waals surface area contributed by atoms with Crippen LogP contribution >= 0.6 is 0 Å². The van der Waals surface area contributed by atoms with Crippen LogP contribution in [-0.4, -0.2) is 69.8 Å². The number of hydrogen-bond acceptors (Lipinski definition) is 8. The van der Waals surface area contributed by atoms with Gasteiger partial charge in [-0.05, 0) is 79.7 Å². The molecule has 2 saturated heterocycles. The van der Waals surface area contributed by atoms with Gasteiger partial charge in [0.05, 0.1) is 29.4 Å². The molecule has 2 atom stereocenters. The van der Waals surface area contributed by atoms with Crippen LogP contribution in [0.5, 0.6) is 5.75 Å². The van der Waals surface area contributed by atoms with Crippen molar-refractivity contribution < 1.29 is 27.4 Å². The Morgan fingerprint density at radius 2 is 1.85 bits per heavy atom. The van der Waals surface area contributed by atoms with E-state index < -0.39 is 35.2 Å². The summed E-state index contributed by atoms with van der Waals surface area (Å²) < 4.78 is 45.2. The molecule has 6 rings (SSSR count). The van der Waals surface area contributed by atoms with Gasteiger partial charge >= 0.3 is 0 Å². The Morgan fingerprint density at radius 1 is 1.10 bits per heavy atom. The first-order chi connectivity index (χ1) is 18.8. The van der Waals surface area contributed by atoms with E-state index in [1.54, 1.807) is 24.3 Å². The third-order valence-corrected chi connectivity index (χ3v) is 9.83. The van der Waals surface area contributed by atoms with Crippen molar-refractivity contribution in [3.63, 3.8) is 0 Å². The van der Waals surface area contributed by atoms with Gasteiger partial charge in [0.1, 0.15) is 5.69 Å². The van der Waals surface area contributed by atoms with Gasteiger partial charge in [0.2, 0.25) is 16.9 Å². The monoisotopic (exact) mass is 559 g/mol. The fourth-order valence-electron chi connectivity index (χ4n) is 5.93. The van der Waals surface area contributed by atoms with E-state index in [1.165, 1.54) is 25.3 Å². The lowest BCUT2D eigenvalue weighted by atomic mass is 9.93. The van der Waals surface area contributed by atoms with Crippen molar-refractivity contribution in [1.29, 1.82) is 0 Å². The number of hydrogen-bond donors (Lipinski definition) is 3. The lowest BCUT2D eigenvalue weighted by molar-refractivity contribution is 0.102. The number of anilines is 4. The van der Waals surface area contributed by atoms with E-state index >= 15 is 0 Å². The summed E-state index contributed by atoms with van der Waals surface area (Å²) in [5, 5.41) is 12.1. The zero-order valence-electron chi connectivity index (χ0n) is 21.7. The molecule has 210 valence electrons. The first-order valence-corrected chi connectivity index (χ1v) is 15.2. The number of piperidine rings is 2. The molecule has 3 heterocycles. The Labute approximate surface area is 227 Å². The molecule has 1 spiro atoms. The normalized spacial score (nSPS) is 22.9. The number of carbonyl (C=O) groups is 1. The molecule has 10 nitrogen and oxygen atoms in total. The van der Waals surface area contributed by atoms with Crippen LogP contribution in [-0.2, 0) is 10.0 Å². The molecule has 1 amide bonds. The van der Waals surface area contributed by atoms with Crippen LogP contribution in [0.4, 0.5) is 27.3 Å². The molecule has 1 aromatic carbocycles. The summed E-state index contributed by atoms with van der Waals surface area (Å²) in [5.41, 5.74) is 2.27. The lowest BCUT2D eigenvalue weighted by Crippen LogP contribution is -2.35. The number of aliphatic hydroxyl groups is 1. The van der Waals surface area contributed by atoms with Crippen molar-refractivity contribution in [3.05, 3.63) is 36.0 Å². The zero-order chi connectivity index (χ0) is 27.2. The number of amides is 1. The van der Waals surface area contributed by atoms with Crippen molar-refractivity contribution in [1.82, 2.24) is 4.98 Å². The topological polar surface area (TPSA) is 124 Å². The van der Waals surface area contributed by atoms with Gasteiger partial charge in [0, 0.05) is 26.2 Å². The molecule has 39 heavy (non-hydrogen) atoms. The summed E-state index contributed by atoms with van der Waals surface area (Å²) in [4.78, 5) is 22.2. The molecule has 2 aliphatic heterocycles. The van der Waals surface area contributed by atoms with E-state index in [0.717, 1.165) is 44.7 Å². The smallest absolute Gasteiger partial charge is 0.274 e. The Balaban J connectivity index is 1.26. The zero-order valence-corrected chi connectivity index (χ0v) is 22.6. The van der Waals surface area contributed by atoms with Gasteiger partial charge in [-0.25, -0.2) is 17.8 Å². The molecule has 12 heteroatoms. The summed E-state index contributed by atoms with van der Waals surface area (Å²) in [6, 6.07) is 8.10. The average Bonchev–Trinajstić information content (AvgIpc) is 3.82. The fraction of sp³-hybridized carbons (Fsp3) is 0.556. The first kappa shape index (κ1) is 26.1. The molecular formula is C27H34FN5O5S. The van der Waals surface area contributed by atoms with Crippen LogP contribution in [0.3, 0.4) is 0 Å². The average molecular weight is 560 g/mol. The largest absolute Gasteiger partial charge is 0.459 e. The Hall–Kier alpha value is -3.12. The number of nitrogens with zero attached hydrogens (tertiary/aromatic N) is 3. The molecule has 3 N–H and O–H groups in total. The number of ether oxygens (including phenoxy) is 1. The highest BCUT2D eigenvalue weighted by atomic mass is 32.2. The van der Waals surface area contributed by atoms with Crippen LogP contribution in [0.15, 0.2) is 30.3 Å². The molecule has 0 radical (unpaired) electrons. The maximum atomic E-state index is 13.4. The second-order valence-corrected chi connectivity index (χ2v) is 13.1. The molecule has 4 aliphatic rings. The van der Waals surface area contributed by atoms with Crippen LogP contribution in [0, 0.1) is 17.3 Å². The number of fused-ring (bicyclic) bond motifs is 1. The van der Waals surface area contributed by atoms with Gasteiger partial charge in [0.25, 0.3) is 5.91 Å². The lowest BCUT2D eigenvalue weighted by Gasteiger charge is -2.35. The molecule has 2 aromatic rings. The Morgan fingerprint density at radius 3 is 2.51 bits per heavy atom. The van der Waals surface area contributed by atoms with Crippen LogP contribution in [0.2, 0.25) is 0 Å². The molecule has 2 unspecified atom stereocenters. The molecular weight excluding hydrogens is 525 g/mol. The minimum atomic E-state index is -3.70. The summed E-state index contributed by atoms with van der Waals surface area (Å²) in [7, 11) is -3.70. The van der Waals surface area contributed by atoms with Crippen LogP contribution in [0.1, 0.15) is 42.6 Å². The SMILES string of the molecule is O=C(Nc1ccc(NS(=O)(=O)CCO)cc1N1CCC2(CC1)CC2)c1ccc(OCF)c(N2CC3CC3C2)n1. The van der Waals surface area contributed by atoms with Gasteiger partial charge < -0.3 is 25.0 Å². The molecule has 0 bridgehead atoms. The third kappa shape index (κ3) is 5.62. The van der Waals surface area contributed by atoms with E-state index in [9.17, 15) is 17.6 Å². The van der Waals surface area contributed by atoms with Gasteiger partial charge in [-0.15, -0.1) is 0 Å². The van der Waals surface area contributed by atoms with E-state index in [1.807, 2.05) is 0 Å². The number of rotatable bonds is 10. The number of carbonyl (C=O) groups excluding carboxylic acids is 1. The van der Waals surface area contributed by atoms with Gasteiger partial charge in [0.15, 0.2) is 11.6 Å². The van der Waals surface area contributed by atoms with E-state index in [2.05, 4.69) is 24.8 Å². The van der Waals surface area contributed by atoms with E-state index in [0.29, 0.717) is 40.2 Å². The number of nitrogens with one attached hydrogen (secondary N) is 2. The predicted octanol–water partition coefficient (Wildman–Crippen LogP) is 3.21. The summed E-state index contributed by atoms with van der Waals surface area (Å²) >= 11 is 0. The molecule has 2 saturated carbocycles. The quantitative estimate of drug-likeness (QED) is 0.406. The predicted molar refractivity (Wildman–Crippen MR) is 147 cm³/mol. The second kappa shape index (κ2) is 10.1. The molecule has 4 fully saturated rings. The van der Waals surface area contributed by atoms with Crippen LogP contribution < -0.4 is 24.6 Å². The highest BCUT2D eigenvalue weighted by Crippen LogP contribution is 2.54. The number of sulfonamides is 1. The molecule has 2 aliphatic carbocycles. The highest BCUT2D eigenvalue weighted by Gasteiger charge is 2.46. The van der Waals surface area contributed by atoms with Gasteiger partial charge in [-0.1, -0.05) is 0 Å². The maximum Gasteiger partial charge on any atom is 0.274 e. The van der Waals surface area contributed by atoms with Crippen molar-refractivity contribution >= 4 is 38.8 Å². The minimum Gasteiger partial charge on any atom is -0.459 e. The fourth-order valence-corrected chi connectivity index (χ4v) is 6.76. The van der Waals surface area contributed by atoms with Crippen molar-refractivity contribution in [2.75, 3.05) is 65.2 Å². The third-order valence-electron chi connectivity index (χ3n) is 8.56. The maximum absolute atomic E-state index is 13.4. The summed E-state index contributed by atoms with van der Waals surface area (Å²) in [6.45, 7) is 1.80. The minimum absolute atomic E-state index is 0.186. The Kier molecular flexibility index (Phi) is 6.78. The van der Waals surface area contributed by atoms with Crippen LogP contribution in [0.25, 0.3) is 0 Å². The number of halogens is 1.